The van der Waals surface area contributed by atoms with E-state index in [0.717, 1.165) is 38.8 Å². The van der Waals surface area contributed by atoms with Crippen LogP contribution in [0.5, 0.6) is 0 Å². The van der Waals surface area contributed by atoms with Gasteiger partial charge in [-0.2, -0.15) is 0 Å². The second kappa shape index (κ2) is 6.57. The lowest BCUT2D eigenvalue weighted by Crippen LogP contribution is -2.50. The summed E-state index contributed by atoms with van der Waals surface area (Å²) in [6, 6.07) is 0.246. The molecule has 5 nitrogen and oxygen atoms in total. The molecule has 2 aliphatic rings. The van der Waals surface area contributed by atoms with E-state index < -0.39 is 0 Å². The predicted octanol–water partition coefficient (Wildman–Crippen LogP) is 0.940. The van der Waals surface area contributed by atoms with Crippen molar-refractivity contribution in [2.45, 2.75) is 51.1 Å². The van der Waals surface area contributed by atoms with Gasteiger partial charge < -0.3 is 9.80 Å². The van der Waals surface area contributed by atoms with Crippen molar-refractivity contribution in [2.24, 2.45) is 0 Å². The molecule has 2 heterocycles. The van der Waals surface area contributed by atoms with Crippen LogP contribution in [-0.2, 0) is 9.59 Å². The normalized spacial score (nSPS) is 27.6. The minimum Gasteiger partial charge on any atom is -0.347 e. The summed E-state index contributed by atoms with van der Waals surface area (Å²) in [5.41, 5.74) is 0. The van der Waals surface area contributed by atoms with Crippen molar-refractivity contribution in [3.8, 4) is 0 Å². The van der Waals surface area contributed by atoms with Gasteiger partial charge in [0.1, 0.15) is 0 Å². The molecule has 0 bridgehead atoms. The molecule has 0 saturated carbocycles. The lowest BCUT2D eigenvalue weighted by atomic mass is 10.0. The van der Waals surface area contributed by atoms with Crippen LogP contribution in [0, 0.1) is 0 Å². The first kappa shape index (κ1) is 15.3. The molecule has 2 unspecified atom stereocenters. The van der Waals surface area contributed by atoms with Gasteiger partial charge in [-0.05, 0) is 45.6 Å². The van der Waals surface area contributed by atoms with Crippen molar-refractivity contribution in [1.82, 2.24) is 14.7 Å². The molecule has 0 aromatic heterocycles. The van der Waals surface area contributed by atoms with E-state index in [1.165, 1.54) is 6.42 Å². The average Bonchev–Trinajstić information content (AvgIpc) is 2.86. The number of piperidine rings is 1. The number of amides is 2. The number of nitrogens with zero attached hydrogens (tertiary/aromatic N) is 3. The maximum absolute atomic E-state index is 12.5. The molecule has 0 radical (unpaired) electrons. The van der Waals surface area contributed by atoms with E-state index >= 15 is 0 Å². The molecule has 2 aliphatic heterocycles. The van der Waals surface area contributed by atoms with E-state index in [1.54, 1.807) is 19.0 Å². The quantitative estimate of drug-likeness (QED) is 0.773. The number of carbonyl (C=O) groups excluding carboxylic acids is 2. The SMILES string of the molecule is CC1CCCCN1C(=O)CN1CCCC1C(=O)N(C)C. The zero-order valence-corrected chi connectivity index (χ0v) is 13.0. The highest BCUT2D eigenvalue weighted by Gasteiger charge is 2.34. The van der Waals surface area contributed by atoms with Crippen LogP contribution in [0.25, 0.3) is 0 Å². The molecule has 2 rings (SSSR count). The minimum absolute atomic E-state index is 0.103. The van der Waals surface area contributed by atoms with Gasteiger partial charge in [-0.3, -0.25) is 14.5 Å². The summed E-state index contributed by atoms with van der Waals surface area (Å²) in [4.78, 5) is 30.3. The third kappa shape index (κ3) is 3.32. The van der Waals surface area contributed by atoms with Crippen LogP contribution in [0.4, 0.5) is 0 Å². The van der Waals surface area contributed by atoms with Gasteiger partial charge in [0.15, 0.2) is 0 Å². The molecule has 0 N–H and O–H groups in total. The molecule has 0 aromatic rings. The Balaban J connectivity index is 1.94. The van der Waals surface area contributed by atoms with Crippen molar-refractivity contribution in [3.63, 3.8) is 0 Å². The van der Waals surface area contributed by atoms with Crippen molar-refractivity contribution in [1.29, 1.82) is 0 Å². The Morgan fingerprint density at radius 2 is 1.85 bits per heavy atom. The summed E-state index contributed by atoms with van der Waals surface area (Å²) in [6.45, 7) is 4.26. The summed E-state index contributed by atoms with van der Waals surface area (Å²) >= 11 is 0. The second-order valence-electron chi connectivity index (χ2n) is 6.29. The molecule has 2 atom stereocenters. The second-order valence-corrected chi connectivity index (χ2v) is 6.29. The Kier molecular flexibility index (Phi) is 5.02. The number of rotatable bonds is 3. The average molecular weight is 281 g/mol. The highest BCUT2D eigenvalue weighted by atomic mass is 16.2. The summed E-state index contributed by atoms with van der Waals surface area (Å²) in [5.74, 6) is 0.317. The molecule has 0 aliphatic carbocycles. The Morgan fingerprint density at radius 3 is 2.50 bits per heavy atom. The smallest absolute Gasteiger partial charge is 0.239 e. The molecule has 114 valence electrons. The molecule has 0 spiro atoms. The van der Waals surface area contributed by atoms with Crippen molar-refractivity contribution in [2.75, 3.05) is 33.7 Å². The standard InChI is InChI=1S/C15H27N3O2/c1-12-7-4-5-10-18(12)14(19)11-17-9-6-8-13(17)15(20)16(2)3/h12-13H,4-11H2,1-3H3. The van der Waals surface area contributed by atoms with Crippen LogP contribution in [-0.4, -0.2) is 72.3 Å². The number of hydrogen-bond donors (Lipinski definition) is 0. The molecular formula is C15H27N3O2. The van der Waals surface area contributed by atoms with E-state index in [-0.39, 0.29) is 17.9 Å². The first-order chi connectivity index (χ1) is 9.50. The summed E-state index contributed by atoms with van der Waals surface area (Å²) in [6.07, 6.45) is 5.31. The van der Waals surface area contributed by atoms with Crippen LogP contribution < -0.4 is 0 Å². The Hall–Kier alpha value is -1.10. The first-order valence-corrected chi connectivity index (χ1v) is 7.75. The number of hydrogen-bond acceptors (Lipinski definition) is 3. The van der Waals surface area contributed by atoms with Crippen LogP contribution in [0.3, 0.4) is 0 Å². The summed E-state index contributed by atoms with van der Waals surface area (Å²) in [7, 11) is 3.57. The van der Waals surface area contributed by atoms with E-state index in [4.69, 9.17) is 0 Å². The summed E-state index contributed by atoms with van der Waals surface area (Å²) < 4.78 is 0. The largest absolute Gasteiger partial charge is 0.347 e. The minimum atomic E-state index is -0.103. The molecule has 5 heteroatoms. The van der Waals surface area contributed by atoms with Gasteiger partial charge in [0.25, 0.3) is 0 Å². The van der Waals surface area contributed by atoms with E-state index in [2.05, 4.69) is 11.8 Å². The molecule has 2 saturated heterocycles. The Labute approximate surface area is 121 Å². The fourth-order valence-electron chi connectivity index (χ4n) is 3.33. The van der Waals surface area contributed by atoms with Gasteiger partial charge in [0.2, 0.25) is 11.8 Å². The van der Waals surface area contributed by atoms with E-state index in [0.29, 0.717) is 12.6 Å². The predicted molar refractivity (Wildman–Crippen MR) is 78.3 cm³/mol. The fourth-order valence-corrected chi connectivity index (χ4v) is 3.33. The molecule has 2 fully saturated rings. The van der Waals surface area contributed by atoms with Gasteiger partial charge in [-0.1, -0.05) is 0 Å². The lowest BCUT2D eigenvalue weighted by Gasteiger charge is -2.35. The topological polar surface area (TPSA) is 43.9 Å². The van der Waals surface area contributed by atoms with Crippen LogP contribution in [0.15, 0.2) is 0 Å². The van der Waals surface area contributed by atoms with E-state index in [1.807, 2.05) is 4.90 Å². The van der Waals surface area contributed by atoms with Crippen molar-refractivity contribution < 1.29 is 9.59 Å². The zero-order chi connectivity index (χ0) is 14.7. The first-order valence-electron chi connectivity index (χ1n) is 7.75. The van der Waals surface area contributed by atoms with Gasteiger partial charge >= 0.3 is 0 Å². The van der Waals surface area contributed by atoms with Crippen molar-refractivity contribution in [3.05, 3.63) is 0 Å². The molecule has 0 aromatic carbocycles. The Morgan fingerprint density at radius 1 is 1.10 bits per heavy atom. The Bertz CT molecular complexity index is 370. The third-order valence-electron chi connectivity index (χ3n) is 4.55. The summed E-state index contributed by atoms with van der Waals surface area (Å²) in [5, 5.41) is 0. The zero-order valence-electron chi connectivity index (χ0n) is 13.0. The van der Waals surface area contributed by atoms with Gasteiger partial charge in [0, 0.05) is 26.7 Å². The van der Waals surface area contributed by atoms with Gasteiger partial charge in [-0.15, -0.1) is 0 Å². The number of carbonyl (C=O) groups is 2. The molecule has 2 amide bonds. The highest BCUT2D eigenvalue weighted by Crippen LogP contribution is 2.21. The third-order valence-corrected chi connectivity index (χ3v) is 4.55. The monoisotopic (exact) mass is 281 g/mol. The highest BCUT2D eigenvalue weighted by molar-refractivity contribution is 5.84. The maximum Gasteiger partial charge on any atom is 0.239 e. The van der Waals surface area contributed by atoms with Gasteiger partial charge in [-0.25, -0.2) is 0 Å². The number of likely N-dealkylation sites (N-methyl/N-ethyl adjacent to an activating group) is 1. The lowest BCUT2D eigenvalue weighted by molar-refractivity contribution is -0.138. The molecular weight excluding hydrogens is 254 g/mol. The fraction of sp³-hybridized carbons (Fsp3) is 0.867. The number of likely N-dealkylation sites (tertiary alicyclic amines) is 2. The van der Waals surface area contributed by atoms with Crippen molar-refractivity contribution >= 4 is 11.8 Å². The van der Waals surface area contributed by atoms with E-state index in [9.17, 15) is 9.59 Å². The molecule has 20 heavy (non-hydrogen) atoms. The van der Waals surface area contributed by atoms with Crippen LogP contribution in [0.1, 0.15) is 39.0 Å². The van der Waals surface area contributed by atoms with Crippen LogP contribution in [0.2, 0.25) is 0 Å². The maximum atomic E-state index is 12.5. The van der Waals surface area contributed by atoms with Crippen LogP contribution >= 0.6 is 0 Å². The van der Waals surface area contributed by atoms with Gasteiger partial charge in [0.05, 0.1) is 12.6 Å².